The molecule has 150 valence electrons. The van der Waals surface area contributed by atoms with Gasteiger partial charge in [-0.3, -0.25) is 19.5 Å². The Hall–Kier alpha value is -2.73. The number of carbonyl (C=O) groups excluding carboxylic acids is 2. The van der Waals surface area contributed by atoms with Crippen LogP contribution in [0.1, 0.15) is 31.9 Å². The van der Waals surface area contributed by atoms with Crippen molar-refractivity contribution in [1.82, 2.24) is 20.1 Å². The lowest BCUT2D eigenvalue weighted by Gasteiger charge is -2.27. The van der Waals surface area contributed by atoms with Crippen molar-refractivity contribution in [3.8, 4) is 11.1 Å². The van der Waals surface area contributed by atoms with Crippen molar-refractivity contribution in [2.75, 3.05) is 33.7 Å². The van der Waals surface area contributed by atoms with Crippen LogP contribution in [0.5, 0.6) is 0 Å². The van der Waals surface area contributed by atoms with Gasteiger partial charge in [-0.05, 0) is 55.3 Å². The average Bonchev–Trinajstić information content (AvgIpc) is 2.72. The molecule has 0 aliphatic rings. The maximum absolute atomic E-state index is 12.5. The summed E-state index contributed by atoms with van der Waals surface area (Å²) in [6.45, 7) is 5.03. The zero-order valence-corrected chi connectivity index (χ0v) is 17.2. The quantitative estimate of drug-likeness (QED) is 0.724. The summed E-state index contributed by atoms with van der Waals surface area (Å²) >= 11 is 0. The van der Waals surface area contributed by atoms with Gasteiger partial charge in [0.1, 0.15) is 0 Å². The molecule has 2 amide bonds. The highest BCUT2D eigenvalue weighted by atomic mass is 16.2. The van der Waals surface area contributed by atoms with E-state index in [4.69, 9.17) is 0 Å². The molecule has 0 aliphatic carbocycles. The van der Waals surface area contributed by atoms with Crippen molar-refractivity contribution in [2.24, 2.45) is 0 Å². The second-order valence-electron chi connectivity index (χ2n) is 7.05. The van der Waals surface area contributed by atoms with Crippen LogP contribution in [0.15, 0.2) is 48.8 Å². The summed E-state index contributed by atoms with van der Waals surface area (Å²) in [4.78, 5) is 31.8. The van der Waals surface area contributed by atoms with Crippen LogP contribution in [0.3, 0.4) is 0 Å². The summed E-state index contributed by atoms with van der Waals surface area (Å²) in [6.07, 6.45) is 4.44. The third-order valence-corrected chi connectivity index (χ3v) is 4.81. The fraction of sp³-hybridized carbons (Fsp3) is 0.409. The lowest BCUT2D eigenvalue weighted by molar-refractivity contribution is -0.135. The molecule has 1 heterocycles. The van der Waals surface area contributed by atoms with Gasteiger partial charge in [0.2, 0.25) is 11.8 Å². The number of rotatable bonds is 9. The van der Waals surface area contributed by atoms with E-state index < -0.39 is 0 Å². The first-order valence-electron chi connectivity index (χ1n) is 9.63. The Morgan fingerprint density at radius 1 is 1.07 bits per heavy atom. The Labute approximate surface area is 167 Å². The van der Waals surface area contributed by atoms with Gasteiger partial charge < -0.3 is 10.2 Å². The van der Waals surface area contributed by atoms with Crippen LogP contribution in [-0.4, -0.2) is 60.3 Å². The summed E-state index contributed by atoms with van der Waals surface area (Å²) in [6, 6.07) is 12.3. The molecule has 1 aromatic carbocycles. The molecular weight excluding hydrogens is 352 g/mol. The summed E-state index contributed by atoms with van der Waals surface area (Å²) in [5, 5.41) is 2.79. The number of amides is 2. The predicted octanol–water partition coefficient (Wildman–Crippen LogP) is 2.73. The van der Waals surface area contributed by atoms with E-state index in [1.807, 2.05) is 37.1 Å². The second-order valence-corrected chi connectivity index (χ2v) is 7.05. The molecule has 0 unspecified atom stereocenters. The highest BCUT2D eigenvalue weighted by molar-refractivity contribution is 5.85. The Morgan fingerprint density at radius 2 is 1.79 bits per heavy atom. The van der Waals surface area contributed by atoms with E-state index in [1.165, 1.54) is 4.90 Å². The van der Waals surface area contributed by atoms with E-state index in [9.17, 15) is 9.59 Å². The van der Waals surface area contributed by atoms with E-state index in [0.717, 1.165) is 23.1 Å². The second kappa shape index (κ2) is 10.6. The molecule has 0 fully saturated rings. The van der Waals surface area contributed by atoms with Gasteiger partial charge in [-0.1, -0.05) is 25.1 Å². The minimum atomic E-state index is -0.126. The third-order valence-electron chi connectivity index (χ3n) is 4.81. The van der Waals surface area contributed by atoms with Crippen LogP contribution in [0.25, 0.3) is 11.1 Å². The van der Waals surface area contributed by atoms with Gasteiger partial charge in [-0.2, -0.15) is 0 Å². The minimum absolute atomic E-state index is 0.0630. The van der Waals surface area contributed by atoms with Crippen molar-refractivity contribution in [1.29, 1.82) is 0 Å². The van der Waals surface area contributed by atoms with Crippen LogP contribution in [0.2, 0.25) is 0 Å². The zero-order valence-electron chi connectivity index (χ0n) is 17.2. The summed E-state index contributed by atoms with van der Waals surface area (Å²) in [5.41, 5.74) is 3.37. The number of aromatic nitrogens is 1. The standard InChI is InChI=1S/C22H30N4O2/c1-5-11-24-21(27)15-26(4)22(28)16-25(3)17(2)19-7-6-8-20(14-19)18-9-12-23-13-10-18/h6-10,12-14,17H,5,11,15-16H2,1-4H3,(H,24,27)/t17-/m1/s1. The number of nitrogens with one attached hydrogen (secondary N) is 1. The van der Waals surface area contributed by atoms with Gasteiger partial charge in [0.05, 0.1) is 13.1 Å². The molecule has 0 saturated heterocycles. The predicted molar refractivity (Wildman–Crippen MR) is 112 cm³/mol. The number of likely N-dealkylation sites (N-methyl/N-ethyl adjacent to an activating group) is 2. The van der Waals surface area contributed by atoms with Crippen molar-refractivity contribution in [3.63, 3.8) is 0 Å². The van der Waals surface area contributed by atoms with Crippen LogP contribution in [0, 0.1) is 0 Å². The van der Waals surface area contributed by atoms with Crippen LogP contribution < -0.4 is 5.32 Å². The molecule has 6 nitrogen and oxygen atoms in total. The first-order chi connectivity index (χ1) is 13.4. The fourth-order valence-corrected chi connectivity index (χ4v) is 2.87. The highest BCUT2D eigenvalue weighted by Gasteiger charge is 2.19. The summed E-state index contributed by atoms with van der Waals surface area (Å²) in [7, 11) is 3.59. The van der Waals surface area contributed by atoms with Gasteiger partial charge in [0, 0.05) is 32.0 Å². The zero-order chi connectivity index (χ0) is 20.5. The van der Waals surface area contributed by atoms with Crippen LogP contribution >= 0.6 is 0 Å². The topological polar surface area (TPSA) is 65.5 Å². The molecule has 0 aliphatic heterocycles. The van der Waals surface area contributed by atoms with E-state index in [1.54, 1.807) is 19.4 Å². The van der Waals surface area contributed by atoms with Gasteiger partial charge in [0.25, 0.3) is 0 Å². The first-order valence-corrected chi connectivity index (χ1v) is 9.63. The van der Waals surface area contributed by atoms with Crippen molar-refractivity contribution in [3.05, 3.63) is 54.4 Å². The lowest BCUT2D eigenvalue weighted by atomic mass is 10.0. The Morgan fingerprint density at radius 3 is 2.46 bits per heavy atom. The molecule has 0 radical (unpaired) electrons. The normalized spacial score (nSPS) is 11.9. The molecule has 1 atom stereocenters. The maximum Gasteiger partial charge on any atom is 0.239 e. The van der Waals surface area contributed by atoms with E-state index in [2.05, 4.69) is 35.4 Å². The van der Waals surface area contributed by atoms with Crippen molar-refractivity contribution in [2.45, 2.75) is 26.3 Å². The number of pyridine rings is 1. The summed E-state index contributed by atoms with van der Waals surface area (Å²) in [5.74, 6) is -0.204. The third kappa shape index (κ3) is 6.16. The molecule has 6 heteroatoms. The Balaban J connectivity index is 1.97. The molecule has 0 saturated carbocycles. The Kier molecular flexibility index (Phi) is 8.14. The number of hydrogen-bond donors (Lipinski definition) is 1. The molecule has 0 bridgehead atoms. The monoisotopic (exact) mass is 382 g/mol. The van der Waals surface area contributed by atoms with Gasteiger partial charge >= 0.3 is 0 Å². The molecule has 1 aromatic heterocycles. The van der Waals surface area contributed by atoms with Crippen LogP contribution in [-0.2, 0) is 9.59 Å². The van der Waals surface area contributed by atoms with E-state index >= 15 is 0 Å². The molecule has 0 spiro atoms. The molecule has 2 rings (SSSR count). The van der Waals surface area contributed by atoms with Crippen LogP contribution in [0.4, 0.5) is 0 Å². The van der Waals surface area contributed by atoms with E-state index in [0.29, 0.717) is 6.54 Å². The minimum Gasteiger partial charge on any atom is -0.355 e. The van der Waals surface area contributed by atoms with Gasteiger partial charge in [0.15, 0.2) is 0 Å². The molecule has 1 N–H and O–H groups in total. The molecular formula is C22H30N4O2. The Bertz CT molecular complexity index is 779. The largest absolute Gasteiger partial charge is 0.355 e. The SMILES string of the molecule is CCCNC(=O)CN(C)C(=O)CN(C)[C@H](C)c1cccc(-c2ccncc2)c1. The number of carbonyl (C=O) groups is 2. The van der Waals surface area contributed by atoms with Crippen molar-refractivity contribution < 1.29 is 9.59 Å². The van der Waals surface area contributed by atoms with E-state index in [-0.39, 0.29) is 30.9 Å². The summed E-state index contributed by atoms with van der Waals surface area (Å²) < 4.78 is 0. The van der Waals surface area contributed by atoms with Gasteiger partial charge in [-0.25, -0.2) is 0 Å². The highest BCUT2D eigenvalue weighted by Crippen LogP contribution is 2.25. The smallest absolute Gasteiger partial charge is 0.239 e. The average molecular weight is 383 g/mol. The number of benzene rings is 1. The van der Waals surface area contributed by atoms with Crippen molar-refractivity contribution >= 4 is 11.8 Å². The molecule has 28 heavy (non-hydrogen) atoms. The number of nitrogens with zero attached hydrogens (tertiary/aromatic N) is 3. The fourth-order valence-electron chi connectivity index (χ4n) is 2.87. The maximum atomic E-state index is 12.5. The first kappa shape index (κ1) is 21.6. The van der Waals surface area contributed by atoms with Gasteiger partial charge in [-0.15, -0.1) is 0 Å². The molecule has 2 aromatic rings. The lowest BCUT2D eigenvalue weighted by Crippen LogP contribution is -2.43. The number of hydrogen-bond acceptors (Lipinski definition) is 4.